The summed E-state index contributed by atoms with van der Waals surface area (Å²) in [7, 11) is 0. The summed E-state index contributed by atoms with van der Waals surface area (Å²) in [5, 5.41) is 0. The van der Waals surface area contributed by atoms with Crippen molar-refractivity contribution in [2.75, 3.05) is 18.1 Å². The summed E-state index contributed by atoms with van der Waals surface area (Å²) in [6.45, 7) is 5.14. The molecule has 0 amide bonds. The van der Waals surface area contributed by atoms with Gasteiger partial charge in [-0.25, -0.2) is 0 Å². The van der Waals surface area contributed by atoms with Crippen LogP contribution in [0, 0.1) is 0 Å². The van der Waals surface area contributed by atoms with Gasteiger partial charge < -0.3 is 4.74 Å². The number of thioether (sulfide) groups is 1. The third kappa shape index (κ3) is 7.96. The van der Waals surface area contributed by atoms with Crippen molar-refractivity contribution in [2.24, 2.45) is 0 Å². The molecule has 20 heavy (non-hydrogen) atoms. The van der Waals surface area contributed by atoms with Crippen LogP contribution in [0.5, 0.6) is 0 Å². The average molecular weight is 295 g/mol. The molecule has 1 atom stereocenters. The van der Waals surface area contributed by atoms with E-state index < -0.39 is 0 Å². The highest BCUT2D eigenvalue weighted by atomic mass is 32.2. The molecule has 0 spiro atoms. The number of hydrogen-bond acceptors (Lipinski definition) is 2. The summed E-state index contributed by atoms with van der Waals surface area (Å²) in [4.78, 5) is 0. The molecule has 0 fully saturated rings. The second-order valence-corrected chi connectivity index (χ2v) is 6.35. The Balaban J connectivity index is 2.14. The van der Waals surface area contributed by atoms with Gasteiger partial charge in [-0.3, -0.25) is 0 Å². The van der Waals surface area contributed by atoms with Crippen LogP contribution in [0.3, 0.4) is 0 Å². The molecular formula is C18H30OS. The summed E-state index contributed by atoms with van der Waals surface area (Å²) >= 11 is 2.03. The highest BCUT2D eigenvalue weighted by Crippen LogP contribution is 2.23. The predicted octanol–water partition coefficient (Wildman–Crippen LogP) is 5.86. The van der Waals surface area contributed by atoms with Gasteiger partial charge in [0.2, 0.25) is 0 Å². The minimum Gasteiger partial charge on any atom is -0.373 e. The lowest BCUT2D eigenvalue weighted by atomic mass is 10.1. The zero-order valence-electron chi connectivity index (χ0n) is 13.1. The molecule has 0 saturated carbocycles. The van der Waals surface area contributed by atoms with Crippen molar-refractivity contribution >= 4 is 11.8 Å². The highest BCUT2D eigenvalue weighted by Gasteiger charge is 2.10. The van der Waals surface area contributed by atoms with Crippen LogP contribution < -0.4 is 0 Å². The lowest BCUT2D eigenvalue weighted by molar-refractivity contribution is 0.0798. The van der Waals surface area contributed by atoms with E-state index in [0.29, 0.717) is 0 Å². The van der Waals surface area contributed by atoms with Crippen molar-refractivity contribution in [3.63, 3.8) is 0 Å². The van der Waals surface area contributed by atoms with E-state index in [4.69, 9.17) is 4.74 Å². The number of ether oxygens (including phenoxy) is 1. The second-order valence-electron chi connectivity index (χ2n) is 5.20. The minimum absolute atomic E-state index is 0.256. The Morgan fingerprint density at radius 3 is 2.35 bits per heavy atom. The van der Waals surface area contributed by atoms with Gasteiger partial charge in [0.15, 0.2) is 0 Å². The van der Waals surface area contributed by atoms with Crippen LogP contribution in [-0.2, 0) is 4.74 Å². The molecule has 0 saturated heterocycles. The molecule has 1 rings (SSSR count). The molecule has 0 aromatic heterocycles. The molecule has 1 aromatic carbocycles. The van der Waals surface area contributed by atoms with E-state index in [9.17, 15) is 0 Å². The summed E-state index contributed by atoms with van der Waals surface area (Å²) in [6, 6.07) is 10.6. The molecule has 0 bridgehead atoms. The zero-order valence-corrected chi connectivity index (χ0v) is 14.0. The van der Waals surface area contributed by atoms with Crippen molar-refractivity contribution in [3.8, 4) is 0 Å². The maximum atomic E-state index is 5.87. The first kappa shape index (κ1) is 17.6. The molecule has 0 heterocycles. The highest BCUT2D eigenvalue weighted by molar-refractivity contribution is 7.99. The van der Waals surface area contributed by atoms with Gasteiger partial charge >= 0.3 is 0 Å². The van der Waals surface area contributed by atoms with Crippen LogP contribution in [0.15, 0.2) is 30.3 Å². The fourth-order valence-corrected chi connectivity index (χ4v) is 3.36. The van der Waals surface area contributed by atoms with Gasteiger partial charge in [-0.1, -0.05) is 69.4 Å². The van der Waals surface area contributed by atoms with Gasteiger partial charge in [-0.05, 0) is 24.7 Å². The predicted molar refractivity (Wildman–Crippen MR) is 91.5 cm³/mol. The maximum Gasteiger partial charge on any atom is 0.0915 e. The monoisotopic (exact) mass is 294 g/mol. The van der Waals surface area contributed by atoms with E-state index >= 15 is 0 Å². The van der Waals surface area contributed by atoms with Gasteiger partial charge in [-0.2, -0.15) is 11.8 Å². The quantitative estimate of drug-likeness (QED) is 0.447. The van der Waals surface area contributed by atoms with E-state index in [1.54, 1.807) is 0 Å². The standard InChI is InChI=1S/C18H30OS/c1-3-5-6-7-8-12-15-20-16-18(19-4-2)17-13-10-9-11-14-17/h9-11,13-14,18H,3-8,12,15-16H2,1-2H3. The summed E-state index contributed by atoms with van der Waals surface area (Å²) < 4.78 is 5.87. The zero-order chi connectivity index (χ0) is 14.5. The Labute approximate surface area is 129 Å². The molecule has 1 aromatic rings. The second kappa shape index (κ2) is 12.3. The fraction of sp³-hybridized carbons (Fsp3) is 0.667. The third-order valence-corrected chi connectivity index (χ3v) is 4.57. The van der Waals surface area contributed by atoms with Gasteiger partial charge in [0.05, 0.1) is 6.10 Å². The summed E-state index contributed by atoms with van der Waals surface area (Å²) in [6.07, 6.45) is 8.54. The number of unbranched alkanes of at least 4 members (excludes halogenated alkanes) is 5. The normalized spacial score (nSPS) is 12.5. The van der Waals surface area contributed by atoms with Gasteiger partial charge in [0.25, 0.3) is 0 Å². The van der Waals surface area contributed by atoms with Crippen molar-refractivity contribution in [1.82, 2.24) is 0 Å². The first-order valence-corrected chi connectivity index (χ1v) is 9.28. The summed E-state index contributed by atoms with van der Waals surface area (Å²) in [5.41, 5.74) is 1.31. The minimum atomic E-state index is 0.256. The van der Waals surface area contributed by atoms with Gasteiger partial charge in [-0.15, -0.1) is 0 Å². The first-order chi connectivity index (χ1) is 9.88. The van der Waals surface area contributed by atoms with Crippen molar-refractivity contribution < 1.29 is 4.74 Å². The molecule has 0 aliphatic carbocycles. The van der Waals surface area contributed by atoms with Crippen LogP contribution in [0.4, 0.5) is 0 Å². The third-order valence-electron chi connectivity index (χ3n) is 3.45. The van der Waals surface area contributed by atoms with E-state index in [1.165, 1.54) is 49.8 Å². The molecule has 1 unspecified atom stereocenters. The SMILES string of the molecule is CCCCCCCCSCC(OCC)c1ccccc1. The lowest BCUT2D eigenvalue weighted by Gasteiger charge is -2.17. The van der Waals surface area contributed by atoms with Crippen LogP contribution in [-0.4, -0.2) is 18.1 Å². The van der Waals surface area contributed by atoms with E-state index in [0.717, 1.165) is 12.4 Å². The molecule has 0 aliphatic rings. The Kier molecular flexibility index (Phi) is 10.8. The van der Waals surface area contributed by atoms with E-state index in [1.807, 2.05) is 11.8 Å². The molecule has 1 nitrogen and oxygen atoms in total. The summed E-state index contributed by atoms with van der Waals surface area (Å²) in [5.74, 6) is 2.34. The maximum absolute atomic E-state index is 5.87. The Morgan fingerprint density at radius 2 is 1.65 bits per heavy atom. The molecule has 0 aliphatic heterocycles. The van der Waals surface area contributed by atoms with Crippen molar-refractivity contribution in [2.45, 2.75) is 58.5 Å². The van der Waals surface area contributed by atoms with Crippen LogP contribution in [0.25, 0.3) is 0 Å². The molecule has 0 radical (unpaired) electrons. The molecule has 2 heteroatoms. The molecule has 0 N–H and O–H groups in total. The van der Waals surface area contributed by atoms with Crippen molar-refractivity contribution in [3.05, 3.63) is 35.9 Å². The van der Waals surface area contributed by atoms with E-state index in [2.05, 4.69) is 44.2 Å². The molecular weight excluding hydrogens is 264 g/mol. The van der Waals surface area contributed by atoms with Crippen LogP contribution in [0.2, 0.25) is 0 Å². The Bertz CT molecular complexity index is 312. The molecule has 114 valence electrons. The Hall–Kier alpha value is -0.470. The topological polar surface area (TPSA) is 9.23 Å². The van der Waals surface area contributed by atoms with Crippen LogP contribution in [0.1, 0.15) is 64.0 Å². The largest absolute Gasteiger partial charge is 0.373 e. The lowest BCUT2D eigenvalue weighted by Crippen LogP contribution is -2.07. The number of hydrogen-bond donors (Lipinski definition) is 0. The smallest absolute Gasteiger partial charge is 0.0915 e. The van der Waals surface area contributed by atoms with Gasteiger partial charge in [0, 0.05) is 12.4 Å². The van der Waals surface area contributed by atoms with Crippen LogP contribution >= 0.6 is 11.8 Å². The fourth-order valence-electron chi connectivity index (χ4n) is 2.28. The average Bonchev–Trinajstić information content (AvgIpc) is 2.50. The van der Waals surface area contributed by atoms with Gasteiger partial charge in [0.1, 0.15) is 0 Å². The number of benzene rings is 1. The Morgan fingerprint density at radius 1 is 0.950 bits per heavy atom. The van der Waals surface area contributed by atoms with E-state index in [-0.39, 0.29) is 6.10 Å². The van der Waals surface area contributed by atoms with Crippen molar-refractivity contribution in [1.29, 1.82) is 0 Å². The number of rotatable bonds is 12. The first-order valence-electron chi connectivity index (χ1n) is 8.12.